The summed E-state index contributed by atoms with van der Waals surface area (Å²) in [6.45, 7) is 7.98. The third kappa shape index (κ3) is 4.05. The van der Waals surface area contributed by atoms with Crippen LogP contribution in [-0.4, -0.2) is 21.0 Å². The van der Waals surface area contributed by atoms with Gasteiger partial charge in [-0.3, -0.25) is 0 Å². The summed E-state index contributed by atoms with van der Waals surface area (Å²) in [6, 6.07) is 10.7. The van der Waals surface area contributed by atoms with Gasteiger partial charge < -0.3 is 5.32 Å². The summed E-state index contributed by atoms with van der Waals surface area (Å²) in [5.74, 6) is 0. The van der Waals surface area contributed by atoms with E-state index in [2.05, 4.69) is 48.4 Å². The van der Waals surface area contributed by atoms with E-state index in [1.54, 1.807) is 4.80 Å². The summed E-state index contributed by atoms with van der Waals surface area (Å²) in [6.07, 6.45) is 1.11. The SMILES string of the molecule is CCC(C)NCc1nn(CC)nc1-c1ccccc1.Cl. The first-order valence-corrected chi connectivity index (χ1v) is 6.97. The first-order valence-electron chi connectivity index (χ1n) is 6.97. The van der Waals surface area contributed by atoms with Crippen molar-refractivity contribution in [3.05, 3.63) is 36.0 Å². The lowest BCUT2D eigenvalue weighted by Gasteiger charge is -2.10. The third-order valence-electron chi connectivity index (χ3n) is 3.29. The second kappa shape index (κ2) is 8.02. The number of halogens is 1. The van der Waals surface area contributed by atoms with Crippen molar-refractivity contribution >= 4 is 12.4 Å². The fourth-order valence-corrected chi connectivity index (χ4v) is 1.88. The summed E-state index contributed by atoms with van der Waals surface area (Å²) in [7, 11) is 0. The van der Waals surface area contributed by atoms with Crippen molar-refractivity contribution in [2.24, 2.45) is 0 Å². The first kappa shape index (κ1) is 16.7. The zero-order valence-electron chi connectivity index (χ0n) is 12.3. The van der Waals surface area contributed by atoms with Gasteiger partial charge in [0.1, 0.15) is 11.4 Å². The number of benzene rings is 1. The molecule has 1 aromatic carbocycles. The fourth-order valence-electron chi connectivity index (χ4n) is 1.88. The quantitative estimate of drug-likeness (QED) is 0.889. The Hall–Kier alpha value is -1.39. The van der Waals surface area contributed by atoms with E-state index in [0.29, 0.717) is 6.04 Å². The van der Waals surface area contributed by atoms with Crippen LogP contribution in [0.4, 0.5) is 0 Å². The van der Waals surface area contributed by atoms with Gasteiger partial charge in [0.25, 0.3) is 0 Å². The Bertz CT molecular complexity index is 510. The number of hydrogen-bond acceptors (Lipinski definition) is 3. The normalized spacial score (nSPS) is 11.9. The highest BCUT2D eigenvalue weighted by Gasteiger charge is 2.12. The van der Waals surface area contributed by atoms with Crippen LogP contribution >= 0.6 is 12.4 Å². The molecule has 2 rings (SSSR count). The van der Waals surface area contributed by atoms with E-state index in [1.165, 1.54) is 0 Å². The number of rotatable bonds is 6. The second-order valence-electron chi connectivity index (χ2n) is 4.74. The molecule has 0 amide bonds. The Kier molecular flexibility index (Phi) is 6.68. The van der Waals surface area contributed by atoms with Crippen LogP contribution in [0.1, 0.15) is 32.9 Å². The van der Waals surface area contributed by atoms with Crippen molar-refractivity contribution in [2.45, 2.75) is 46.3 Å². The maximum absolute atomic E-state index is 4.57. The van der Waals surface area contributed by atoms with Gasteiger partial charge in [-0.1, -0.05) is 37.3 Å². The van der Waals surface area contributed by atoms with E-state index in [9.17, 15) is 0 Å². The van der Waals surface area contributed by atoms with Gasteiger partial charge in [0.2, 0.25) is 0 Å². The van der Waals surface area contributed by atoms with Gasteiger partial charge in [-0.25, -0.2) is 0 Å². The zero-order chi connectivity index (χ0) is 13.7. The standard InChI is InChI=1S/C15H22N4.ClH/c1-4-12(3)16-11-14-15(18-19(5-2)17-14)13-9-7-6-8-10-13;/h6-10,12,16H,4-5,11H2,1-3H3;1H. The molecule has 1 unspecified atom stereocenters. The minimum atomic E-state index is 0. The van der Waals surface area contributed by atoms with Crippen molar-refractivity contribution in [3.63, 3.8) is 0 Å². The maximum Gasteiger partial charge on any atom is 0.117 e. The molecule has 20 heavy (non-hydrogen) atoms. The topological polar surface area (TPSA) is 42.7 Å². The molecule has 1 heterocycles. The number of aromatic nitrogens is 3. The van der Waals surface area contributed by atoms with Crippen molar-refractivity contribution in [1.82, 2.24) is 20.3 Å². The molecule has 0 aliphatic carbocycles. The molecule has 1 atom stereocenters. The Morgan fingerprint density at radius 2 is 1.85 bits per heavy atom. The van der Waals surface area contributed by atoms with E-state index in [4.69, 9.17) is 0 Å². The largest absolute Gasteiger partial charge is 0.309 e. The summed E-state index contributed by atoms with van der Waals surface area (Å²) < 4.78 is 0. The molecule has 0 spiro atoms. The summed E-state index contributed by atoms with van der Waals surface area (Å²) >= 11 is 0. The van der Waals surface area contributed by atoms with E-state index in [0.717, 1.165) is 36.5 Å². The molecule has 4 nitrogen and oxygen atoms in total. The third-order valence-corrected chi connectivity index (χ3v) is 3.29. The average Bonchev–Trinajstić information content (AvgIpc) is 2.89. The van der Waals surface area contributed by atoms with Crippen LogP contribution < -0.4 is 5.32 Å². The van der Waals surface area contributed by atoms with Crippen LogP contribution in [0.15, 0.2) is 30.3 Å². The van der Waals surface area contributed by atoms with Gasteiger partial charge in [-0.05, 0) is 20.3 Å². The minimum absolute atomic E-state index is 0. The molecule has 1 N–H and O–H groups in total. The van der Waals surface area contributed by atoms with E-state index in [1.807, 2.05) is 18.2 Å². The minimum Gasteiger partial charge on any atom is -0.309 e. The van der Waals surface area contributed by atoms with Gasteiger partial charge in [-0.2, -0.15) is 15.0 Å². The highest BCUT2D eigenvalue weighted by molar-refractivity contribution is 5.85. The van der Waals surface area contributed by atoms with Gasteiger partial charge in [0.05, 0.1) is 6.54 Å². The van der Waals surface area contributed by atoms with Gasteiger partial charge in [0.15, 0.2) is 0 Å². The van der Waals surface area contributed by atoms with Crippen LogP contribution in [-0.2, 0) is 13.1 Å². The monoisotopic (exact) mass is 294 g/mol. The number of nitrogens with one attached hydrogen (secondary N) is 1. The van der Waals surface area contributed by atoms with Gasteiger partial charge >= 0.3 is 0 Å². The summed E-state index contributed by atoms with van der Waals surface area (Å²) in [5, 5.41) is 12.6. The number of nitrogens with zero attached hydrogens (tertiary/aromatic N) is 3. The molecular weight excluding hydrogens is 272 g/mol. The highest BCUT2D eigenvalue weighted by atomic mass is 35.5. The predicted octanol–water partition coefficient (Wildman–Crippen LogP) is 3.27. The molecule has 2 aromatic rings. The molecular formula is C15H23ClN4. The average molecular weight is 295 g/mol. The molecule has 1 aromatic heterocycles. The van der Waals surface area contributed by atoms with Crippen LogP contribution in [0.5, 0.6) is 0 Å². The Morgan fingerprint density at radius 3 is 2.45 bits per heavy atom. The van der Waals surface area contributed by atoms with Gasteiger partial charge in [0, 0.05) is 18.2 Å². The van der Waals surface area contributed by atoms with Crippen LogP contribution in [0, 0.1) is 0 Å². The summed E-state index contributed by atoms with van der Waals surface area (Å²) in [4.78, 5) is 1.76. The lowest BCUT2D eigenvalue weighted by atomic mass is 10.1. The molecule has 0 aliphatic heterocycles. The Balaban J connectivity index is 0.00000200. The van der Waals surface area contributed by atoms with Crippen molar-refractivity contribution in [2.75, 3.05) is 0 Å². The lowest BCUT2D eigenvalue weighted by molar-refractivity contribution is 0.516. The van der Waals surface area contributed by atoms with E-state index >= 15 is 0 Å². The zero-order valence-corrected chi connectivity index (χ0v) is 13.2. The molecule has 0 saturated heterocycles. The molecule has 5 heteroatoms. The Morgan fingerprint density at radius 1 is 1.15 bits per heavy atom. The summed E-state index contributed by atoms with van der Waals surface area (Å²) in [5.41, 5.74) is 3.13. The molecule has 0 bridgehead atoms. The number of aryl methyl sites for hydroxylation is 1. The van der Waals surface area contributed by atoms with Crippen LogP contribution in [0.3, 0.4) is 0 Å². The molecule has 0 aliphatic rings. The van der Waals surface area contributed by atoms with Crippen LogP contribution in [0.2, 0.25) is 0 Å². The molecule has 0 fully saturated rings. The predicted molar refractivity (Wildman–Crippen MR) is 85.0 cm³/mol. The first-order chi connectivity index (χ1) is 9.24. The molecule has 0 saturated carbocycles. The molecule has 110 valence electrons. The van der Waals surface area contributed by atoms with E-state index in [-0.39, 0.29) is 12.4 Å². The van der Waals surface area contributed by atoms with Crippen molar-refractivity contribution < 1.29 is 0 Å². The van der Waals surface area contributed by atoms with E-state index < -0.39 is 0 Å². The van der Waals surface area contributed by atoms with Crippen molar-refractivity contribution in [1.29, 1.82) is 0 Å². The fraction of sp³-hybridized carbons (Fsp3) is 0.467. The van der Waals surface area contributed by atoms with Crippen molar-refractivity contribution in [3.8, 4) is 11.3 Å². The maximum atomic E-state index is 4.57. The number of hydrogen-bond donors (Lipinski definition) is 1. The van der Waals surface area contributed by atoms with Crippen LogP contribution in [0.25, 0.3) is 11.3 Å². The Labute approximate surface area is 127 Å². The molecule has 0 radical (unpaired) electrons. The second-order valence-corrected chi connectivity index (χ2v) is 4.74. The van der Waals surface area contributed by atoms with Gasteiger partial charge in [-0.15, -0.1) is 12.4 Å². The lowest BCUT2D eigenvalue weighted by Crippen LogP contribution is -2.25. The smallest absolute Gasteiger partial charge is 0.117 e. The highest BCUT2D eigenvalue weighted by Crippen LogP contribution is 2.19.